The Morgan fingerprint density at radius 1 is 1.26 bits per heavy atom. The Balaban J connectivity index is 1.89. The summed E-state index contributed by atoms with van der Waals surface area (Å²) in [6.45, 7) is -0.668. The zero-order chi connectivity index (χ0) is 31.7. The van der Waals surface area contributed by atoms with Gasteiger partial charge < -0.3 is 20.3 Å². The third-order valence-corrected chi connectivity index (χ3v) is 9.47. The molecule has 1 heterocycles. The number of amides is 1. The Labute approximate surface area is 244 Å². The second kappa shape index (κ2) is 12.6. The Hall–Kier alpha value is -2.49. The van der Waals surface area contributed by atoms with Crippen LogP contribution in [-0.2, 0) is 22.0 Å². The van der Waals surface area contributed by atoms with E-state index in [-0.39, 0.29) is 66.3 Å². The molecule has 0 spiro atoms. The normalized spacial score (nSPS) is 21.3. The fourth-order valence-electron chi connectivity index (χ4n) is 4.91. The van der Waals surface area contributed by atoms with E-state index in [0.29, 0.717) is 0 Å². The SMILES string of the molecule is CCn1nc(C(=O)NC[C@]2(O)CC[C@@H](S(C)(=O)=O)CC2)c(Cl)c1-c1ccc([C@](C)(O)CCC(F)(F)F)cc1OC(F)F. The second-order valence-corrected chi connectivity index (χ2v) is 13.4. The van der Waals surface area contributed by atoms with Crippen molar-refractivity contribution in [3.8, 4) is 17.0 Å². The maximum Gasteiger partial charge on any atom is 0.389 e. The summed E-state index contributed by atoms with van der Waals surface area (Å²) in [5, 5.41) is 27.4. The quantitative estimate of drug-likeness (QED) is 0.299. The molecule has 0 aliphatic heterocycles. The Bertz CT molecular complexity index is 1390. The second-order valence-electron chi connectivity index (χ2n) is 10.7. The molecule has 2 aromatic rings. The zero-order valence-corrected chi connectivity index (χ0v) is 24.7. The van der Waals surface area contributed by atoms with Crippen molar-refractivity contribution >= 4 is 27.3 Å². The summed E-state index contributed by atoms with van der Waals surface area (Å²) in [6.07, 6.45) is -4.72. The number of rotatable bonds is 11. The summed E-state index contributed by atoms with van der Waals surface area (Å²) in [7, 11) is -3.26. The van der Waals surface area contributed by atoms with Gasteiger partial charge in [0.25, 0.3) is 5.91 Å². The van der Waals surface area contributed by atoms with Gasteiger partial charge in [-0.25, -0.2) is 8.42 Å². The summed E-state index contributed by atoms with van der Waals surface area (Å²) in [6, 6.07) is 3.47. The van der Waals surface area contributed by atoms with Gasteiger partial charge in [-0.2, -0.15) is 27.1 Å². The number of carbonyl (C=O) groups is 1. The highest BCUT2D eigenvalue weighted by Crippen LogP contribution is 2.41. The molecule has 1 aromatic carbocycles. The van der Waals surface area contributed by atoms with E-state index in [1.807, 2.05) is 0 Å². The van der Waals surface area contributed by atoms with Gasteiger partial charge in [0.05, 0.1) is 27.2 Å². The number of aliphatic hydroxyl groups is 2. The largest absolute Gasteiger partial charge is 0.434 e. The van der Waals surface area contributed by atoms with Gasteiger partial charge >= 0.3 is 12.8 Å². The Morgan fingerprint density at radius 2 is 1.88 bits per heavy atom. The van der Waals surface area contributed by atoms with Gasteiger partial charge in [-0.1, -0.05) is 17.7 Å². The lowest BCUT2D eigenvalue weighted by Crippen LogP contribution is -2.47. The molecule has 9 nitrogen and oxygen atoms in total. The summed E-state index contributed by atoms with van der Waals surface area (Å²) in [5.41, 5.74) is -3.82. The van der Waals surface area contributed by atoms with Crippen LogP contribution in [0.25, 0.3) is 11.3 Å². The first-order valence-corrected chi connectivity index (χ1v) is 15.4. The van der Waals surface area contributed by atoms with Crippen molar-refractivity contribution in [3.63, 3.8) is 0 Å². The number of ether oxygens (including phenoxy) is 1. The van der Waals surface area contributed by atoms with Crippen LogP contribution in [0.3, 0.4) is 0 Å². The summed E-state index contributed by atoms with van der Waals surface area (Å²) in [5.74, 6) is -1.29. The molecule has 0 bridgehead atoms. The van der Waals surface area contributed by atoms with Crippen molar-refractivity contribution in [3.05, 3.63) is 34.5 Å². The van der Waals surface area contributed by atoms with Crippen molar-refractivity contribution in [1.29, 1.82) is 0 Å². The molecule has 1 atom stereocenters. The fourth-order valence-corrected chi connectivity index (χ4v) is 6.32. The molecule has 3 rings (SSSR count). The maximum atomic E-state index is 13.4. The standard InChI is InChI=1S/C26H33ClF5N3O6S/c1-4-35-21(17-6-5-15(13-18(17)41-23(28)29)24(2,37)11-12-26(30,31)32)19(27)20(34-35)22(36)33-14-25(38)9-7-16(8-10-25)42(3,39)40/h5-6,13,16,23,37-38H,4,7-12,14H2,1-3H3,(H,33,36)/t16-,24-,25+/m1/s1. The van der Waals surface area contributed by atoms with Crippen molar-refractivity contribution in [1.82, 2.24) is 15.1 Å². The molecular formula is C26H33ClF5N3O6S. The maximum absolute atomic E-state index is 13.4. The van der Waals surface area contributed by atoms with Crippen LogP contribution in [-0.4, -0.2) is 70.8 Å². The van der Waals surface area contributed by atoms with Gasteiger partial charge in [0.15, 0.2) is 5.69 Å². The molecular weight excluding hydrogens is 613 g/mol. The average molecular weight is 646 g/mol. The molecule has 1 amide bonds. The number of nitrogens with zero attached hydrogens (tertiary/aromatic N) is 2. The lowest BCUT2D eigenvalue weighted by Gasteiger charge is -2.35. The van der Waals surface area contributed by atoms with E-state index >= 15 is 0 Å². The van der Waals surface area contributed by atoms with Gasteiger partial charge in [0.1, 0.15) is 15.6 Å². The lowest BCUT2D eigenvalue weighted by atomic mass is 9.84. The van der Waals surface area contributed by atoms with Crippen molar-refractivity contribution in [2.45, 2.75) is 88.2 Å². The topological polar surface area (TPSA) is 131 Å². The van der Waals surface area contributed by atoms with E-state index in [2.05, 4.69) is 15.2 Å². The Kier molecular flexibility index (Phi) is 10.2. The first-order chi connectivity index (χ1) is 19.3. The number of benzene rings is 1. The first kappa shape index (κ1) is 34.0. The van der Waals surface area contributed by atoms with Gasteiger partial charge in [-0.3, -0.25) is 9.48 Å². The average Bonchev–Trinajstić information content (AvgIpc) is 3.21. The van der Waals surface area contributed by atoms with Crippen LogP contribution >= 0.6 is 11.6 Å². The van der Waals surface area contributed by atoms with E-state index in [1.165, 1.54) is 16.8 Å². The van der Waals surface area contributed by atoms with Crippen LogP contribution in [0.15, 0.2) is 18.2 Å². The van der Waals surface area contributed by atoms with E-state index in [4.69, 9.17) is 11.6 Å². The monoisotopic (exact) mass is 645 g/mol. The number of hydrogen-bond donors (Lipinski definition) is 3. The van der Waals surface area contributed by atoms with Crippen molar-refractivity contribution < 1.29 is 50.1 Å². The molecule has 0 unspecified atom stereocenters. The molecule has 42 heavy (non-hydrogen) atoms. The van der Waals surface area contributed by atoms with E-state index in [0.717, 1.165) is 19.2 Å². The smallest absolute Gasteiger partial charge is 0.389 e. The van der Waals surface area contributed by atoms with Crippen LogP contribution in [0.2, 0.25) is 5.02 Å². The molecule has 1 aromatic heterocycles. The van der Waals surface area contributed by atoms with E-state index < -0.39 is 63.6 Å². The molecule has 236 valence electrons. The van der Waals surface area contributed by atoms with E-state index in [1.54, 1.807) is 6.92 Å². The fraction of sp³-hybridized carbons (Fsp3) is 0.615. The van der Waals surface area contributed by atoms with Crippen LogP contribution in [0.1, 0.15) is 68.4 Å². The number of nitrogens with one attached hydrogen (secondary N) is 1. The van der Waals surface area contributed by atoms with Crippen molar-refractivity contribution in [2.24, 2.45) is 0 Å². The number of hydrogen-bond acceptors (Lipinski definition) is 7. The third kappa shape index (κ3) is 8.32. The minimum absolute atomic E-state index is 0.00817. The van der Waals surface area contributed by atoms with Crippen LogP contribution in [0, 0.1) is 0 Å². The minimum Gasteiger partial charge on any atom is -0.434 e. The molecule has 1 saturated carbocycles. The number of sulfone groups is 1. The first-order valence-electron chi connectivity index (χ1n) is 13.1. The van der Waals surface area contributed by atoms with Gasteiger partial charge in [-0.15, -0.1) is 0 Å². The molecule has 16 heteroatoms. The van der Waals surface area contributed by atoms with Gasteiger partial charge in [0, 0.05) is 31.3 Å². The van der Waals surface area contributed by atoms with Gasteiger partial charge in [0.2, 0.25) is 0 Å². The summed E-state index contributed by atoms with van der Waals surface area (Å²) >= 11 is 6.51. The number of alkyl halides is 5. The highest BCUT2D eigenvalue weighted by Gasteiger charge is 2.38. The molecule has 1 aliphatic rings. The number of halogens is 6. The van der Waals surface area contributed by atoms with Crippen LogP contribution < -0.4 is 10.1 Å². The van der Waals surface area contributed by atoms with Gasteiger partial charge in [-0.05, 0) is 63.6 Å². The molecule has 1 fully saturated rings. The number of carbonyl (C=O) groups excluding carboxylic acids is 1. The molecule has 0 radical (unpaired) electrons. The highest BCUT2D eigenvalue weighted by atomic mass is 35.5. The third-order valence-electron chi connectivity index (χ3n) is 7.43. The minimum atomic E-state index is -4.55. The number of aromatic nitrogens is 2. The molecule has 3 N–H and O–H groups in total. The molecule has 1 aliphatic carbocycles. The highest BCUT2D eigenvalue weighted by molar-refractivity contribution is 7.91. The molecule has 0 saturated heterocycles. The van der Waals surface area contributed by atoms with E-state index in [9.17, 15) is 45.4 Å². The Morgan fingerprint density at radius 3 is 2.40 bits per heavy atom. The summed E-state index contributed by atoms with van der Waals surface area (Å²) < 4.78 is 94.4. The predicted octanol–water partition coefficient (Wildman–Crippen LogP) is 4.82. The summed E-state index contributed by atoms with van der Waals surface area (Å²) in [4.78, 5) is 13.0. The van der Waals surface area contributed by atoms with Crippen LogP contribution in [0.5, 0.6) is 5.75 Å². The predicted molar refractivity (Wildman–Crippen MR) is 144 cm³/mol. The van der Waals surface area contributed by atoms with Crippen LogP contribution in [0.4, 0.5) is 22.0 Å². The number of aryl methyl sites for hydroxylation is 1. The zero-order valence-electron chi connectivity index (χ0n) is 23.1. The lowest BCUT2D eigenvalue weighted by molar-refractivity contribution is -0.146. The van der Waals surface area contributed by atoms with Crippen molar-refractivity contribution in [2.75, 3.05) is 12.8 Å².